The van der Waals surface area contributed by atoms with Crippen LogP contribution in [0.15, 0.2) is 18.2 Å². The molecule has 0 aromatic heterocycles. The number of nitrogens with one attached hydrogen (secondary N) is 1. The first-order chi connectivity index (χ1) is 8.74. The Balaban J connectivity index is 2.30. The molecule has 1 N–H and O–H groups in total. The summed E-state index contributed by atoms with van der Waals surface area (Å²) < 4.78 is 5.63. The highest BCUT2D eigenvalue weighted by atomic mass is 32.2. The van der Waals surface area contributed by atoms with Gasteiger partial charge in [0.25, 0.3) is 0 Å². The molecule has 2 atom stereocenters. The number of hydrogen-bond acceptors (Lipinski definition) is 3. The third-order valence-electron chi connectivity index (χ3n) is 3.35. The number of benzene rings is 1. The van der Waals surface area contributed by atoms with Crippen LogP contribution in [0.1, 0.15) is 44.4 Å². The molecule has 0 saturated carbocycles. The second-order valence-corrected chi connectivity index (χ2v) is 6.19. The number of fused-ring (bicyclic) bond motifs is 1. The molecular formula is C15H23NOS. The van der Waals surface area contributed by atoms with Crippen LogP contribution in [0.3, 0.4) is 0 Å². The van der Waals surface area contributed by atoms with E-state index in [4.69, 9.17) is 4.74 Å². The molecule has 1 aliphatic rings. The molecule has 0 fully saturated rings. The molecule has 0 aliphatic carbocycles. The van der Waals surface area contributed by atoms with E-state index >= 15 is 0 Å². The maximum Gasteiger partial charge on any atom is 0.119 e. The van der Waals surface area contributed by atoms with Gasteiger partial charge in [0.2, 0.25) is 0 Å². The van der Waals surface area contributed by atoms with Crippen molar-refractivity contribution in [2.24, 2.45) is 0 Å². The number of hydrogen-bond donors (Lipinski definition) is 1. The van der Waals surface area contributed by atoms with Crippen molar-refractivity contribution in [3.8, 4) is 5.75 Å². The lowest BCUT2D eigenvalue weighted by Crippen LogP contribution is -2.23. The largest absolute Gasteiger partial charge is 0.494 e. The quantitative estimate of drug-likeness (QED) is 0.895. The second-order valence-electron chi connectivity index (χ2n) is 4.76. The van der Waals surface area contributed by atoms with Gasteiger partial charge in [-0.1, -0.05) is 19.9 Å². The van der Waals surface area contributed by atoms with E-state index in [2.05, 4.69) is 37.4 Å². The second kappa shape index (κ2) is 6.48. The Bertz CT molecular complexity index is 394. The Morgan fingerprint density at radius 3 is 2.94 bits per heavy atom. The van der Waals surface area contributed by atoms with Crippen LogP contribution in [-0.2, 0) is 5.75 Å². The van der Waals surface area contributed by atoms with Gasteiger partial charge in [-0.3, -0.25) is 0 Å². The lowest BCUT2D eigenvalue weighted by Gasteiger charge is -2.20. The van der Waals surface area contributed by atoms with Gasteiger partial charge in [0, 0.05) is 17.0 Å². The van der Waals surface area contributed by atoms with Crippen LogP contribution in [0.5, 0.6) is 5.75 Å². The smallest absolute Gasteiger partial charge is 0.119 e. The number of thioether (sulfide) groups is 1. The van der Waals surface area contributed by atoms with Crippen molar-refractivity contribution in [3.05, 3.63) is 29.3 Å². The summed E-state index contributed by atoms with van der Waals surface area (Å²) in [4.78, 5) is 0. The van der Waals surface area contributed by atoms with Crippen molar-refractivity contribution in [1.29, 1.82) is 0 Å². The van der Waals surface area contributed by atoms with Gasteiger partial charge in [-0.2, -0.15) is 11.8 Å². The number of ether oxygens (including phenoxy) is 1. The van der Waals surface area contributed by atoms with E-state index in [1.165, 1.54) is 17.5 Å². The highest BCUT2D eigenvalue weighted by Crippen LogP contribution is 2.36. The molecule has 0 bridgehead atoms. The molecule has 2 unspecified atom stereocenters. The van der Waals surface area contributed by atoms with Crippen LogP contribution in [0.2, 0.25) is 0 Å². The summed E-state index contributed by atoms with van der Waals surface area (Å²) in [6.45, 7) is 8.28. The number of rotatable bonds is 4. The van der Waals surface area contributed by atoms with Gasteiger partial charge >= 0.3 is 0 Å². The minimum absolute atomic E-state index is 0.468. The SMILES string of the molecule is CCNC1CC(C)SCc2ccc(OCC)cc21. The summed E-state index contributed by atoms with van der Waals surface area (Å²) in [5.41, 5.74) is 2.89. The molecule has 1 aliphatic heterocycles. The highest BCUT2D eigenvalue weighted by Gasteiger charge is 2.22. The van der Waals surface area contributed by atoms with Gasteiger partial charge in [-0.15, -0.1) is 0 Å². The normalized spacial score (nSPS) is 23.3. The molecule has 1 heterocycles. The summed E-state index contributed by atoms with van der Waals surface area (Å²) in [5.74, 6) is 2.11. The van der Waals surface area contributed by atoms with E-state index < -0.39 is 0 Å². The third-order valence-corrected chi connectivity index (χ3v) is 4.58. The van der Waals surface area contributed by atoms with E-state index in [9.17, 15) is 0 Å². The maximum absolute atomic E-state index is 5.63. The van der Waals surface area contributed by atoms with E-state index in [-0.39, 0.29) is 0 Å². The lowest BCUT2D eigenvalue weighted by atomic mass is 9.97. The standard InChI is InChI=1S/C15H23NOS/c1-4-16-15-8-11(3)18-10-12-6-7-13(17-5-2)9-14(12)15/h6-7,9,11,15-16H,4-5,8,10H2,1-3H3. The summed E-state index contributed by atoms with van der Waals surface area (Å²) >= 11 is 2.05. The van der Waals surface area contributed by atoms with Crippen molar-refractivity contribution in [2.45, 2.75) is 44.2 Å². The topological polar surface area (TPSA) is 21.3 Å². The van der Waals surface area contributed by atoms with Gasteiger partial charge in [0.1, 0.15) is 5.75 Å². The molecule has 2 rings (SSSR count). The molecule has 2 nitrogen and oxygen atoms in total. The summed E-state index contributed by atoms with van der Waals surface area (Å²) in [7, 11) is 0. The van der Waals surface area contributed by atoms with E-state index in [1.54, 1.807) is 0 Å². The Morgan fingerprint density at radius 1 is 1.39 bits per heavy atom. The molecule has 0 saturated heterocycles. The van der Waals surface area contributed by atoms with E-state index in [0.717, 1.165) is 24.7 Å². The zero-order valence-corrected chi connectivity index (χ0v) is 12.3. The van der Waals surface area contributed by atoms with Crippen LogP contribution >= 0.6 is 11.8 Å². The Labute approximate surface area is 114 Å². The van der Waals surface area contributed by atoms with Crippen LogP contribution in [0, 0.1) is 0 Å². The van der Waals surface area contributed by atoms with Crippen LogP contribution < -0.4 is 10.1 Å². The highest BCUT2D eigenvalue weighted by molar-refractivity contribution is 7.99. The maximum atomic E-state index is 5.63. The van der Waals surface area contributed by atoms with Crippen molar-refractivity contribution in [1.82, 2.24) is 5.32 Å². The van der Waals surface area contributed by atoms with Crippen molar-refractivity contribution in [2.75, 3.05) is 13.2 Å². The van der Waals surface area contributed by atoms with Gasteiger partial charge in [0.05, 0.1) is 6.61 Å². The molecular weight excluding hydrogens is 242 g/mol. The van der Waals surface area contributed by atoms with Gasteiger partial charge in [-0.05, 0) is 43.1 Å². The molecule has 0 radical (unpaired) electrons. The first kappa shape index (κ1) is 13.8. The van der Waals surface area contributed by atoms with Crippen LogP contribution in [0.4, 0.5) is 0 Å². The first-order valence-electron chi connectivity index (χ1n) is 6.85. The minimum atomic E-state index is 0.468. The molecule has 0 spiro atoms. The monoisotopic (exact) mass is 265 g/mol. The van der Waals surface area contributed by atoms with Crippen LogP contribution in [-0.4, -0.2) is 18.4 Å². The average Bonchev–Trinajstić information content (AvgIpc) is 2.51. The van der Waals surface area contributed by atoms with E-state index in [1.807, 2.05) is 18.7 Å². The Kier molecular flexibility index (Phi) is 4.95. The fourth-order valence-corrected chi connectivity index (χ4v) is 3.54. The van der Waals surface area contributed by atoms with Gasteiger partial charge in [-0.25, -0.2) is 0 Å². The molecule has 3 heteroatoms. The molecule has 1 aromatic rings. The Morgan fingerprint density at radius 2 is 2.22 bits per heavy atom. The predicted molar refractivity (Wildman–Crippen MR) is 79.4 cm³/mol. The van der Waals surface area contributed by atoms with Crippen LogP contribution in [0.25, 0.3) is 0 Å². The Hall–Kier alpha value is -0.670. The molecule has 0 amide bonds. The van der Waals surface area contributed by atoms with Gasteiger partial charge in [0.15, 0.2) is 0 Å². The molecule has 18 heavy (non-hydrogen) atoms. The minimum Gasteiger partial charge on any atom is -0.494 e. The predicted octanol–water partition coefficient (Wildman–Crippen LogP) is 3.76. The first-order valence-corrected chi connectivity index (χ1v) is 7.90. The molecule has 1 aromatic carbocycles. The van der Waals surface area contributed by atoms with Gasteiger partial charge < -0.3 is 10.1 Å². The zero-order valence-electron chi connectivity index (χ0n) is 11.5. The summed E-state index contributed by atoms with van der Waals surface area (Å²) in [6, 6.07) is 7.03. The summed E-state index contributed by atoms with van der Waals surface area (Å²) in [5, 5.41) is 4.32. The zero-order chi connectivity index (χ0) is 13.0. The van der Waals surface area contributed by atoms with Crippen molar-refractivity contribution >= 4 is 11.8 Å². The fraction of sp³-hybridized carbons (Fsp3) is 0.600. The van der Waals surface area contributed by atoms with E-state index in [0.29, 0.717) is 11.3 Å². The van der Waals surface area contributed by atoms with Crippen molar-refractivity contribution in [3.63, 3.8) is 0 Å². The third kappa shape index (κ3) is 3.21. The fourth-order valence-electron chi connectivity index (χ4n) is 2.48. The average molecular weight is 265 g/mol. The van der Waals surface area contributed by atoms with Crippen molar-refractivity contribution < 1.29 is 4.74 Å². The molecule has 100 valence electrons. The lowest BCUT2D eigenvalue weighted by molar-refractivity contribution is 0.339. The summed E-state index contributed by atoms with van der Waals surface area (Å²) in [6.07, 6.45) is 1.20.